The number of unbranched alkanes of at least 4 members (excludes halogenated alkanes) is 1. The molecule has 0 bridgehead atoms. The highest BCUT2D eigenvalue weighted by Gasteiger charge is 2.29. The second-order valence-electron chi connectivity index (χ2n) is 6.66. The van der Waals surface area contributed by atoms with Gasteiger partial charge in [-0.3, -0.25) is 4.79 Å². The van der Waals surface area contributed by atoms with Crippen molar-refractivity contribution in [3.63, 3.8) is 0 Å². The molecule has 21 heavy (non-hydrogen) atoms. The van der Waals surface area contributed by atoms with Gasteiger partial charge in [0.2, 0.25) is 0 Å². The van der Waals surface area contributed by atoms with Gasteiger partial charge in [0, 0.05) is 12.5 Å². The van der Waals surface area contributed by atoms with Crippen molar-refractivity contribution in [2.45, 2.75) is 71.9 Å². The summed E-state index contributed by atoms with van der Waals surface area (Å²) in [5, 5.41) is 0. The number of esters is 1. The molecule has 0 aliphatic carbocycles. The van der Waals surface area contributed by atoms with Gasteiger partial charge in [0.1, 0.15) is 14.2 Å². The van der Waals surface area contributed by atoms with Crippen LogP contribution in [0.2, 0.25) is 19.6 Å². The minimum Gasteiger partial charge on any atom is -0.456 e. The lowest BCUT2D eigenvalue weighted by atomic mass is 9.94. The molecule has 1 rings (SSSR count). The van der Waals surface area contributed by atoms with E-state index in [1.54, 1.807) is 0 Å². The number of carbonyl (C=O) groups is 1. The van der Waals surface area contributed by atoms with Gasteiger partial charge in [-0.1, -0.05) is 45.3 Å². The number of rotatable bonds is 4. The number of hydrogen-bond acceptors (Lipinski definition) is 3. The molecule has 0 fully saturated rings. The molecule has 3 nitrogen and oxygen atoms in total. The van der Waals surface area contributed by atoms with Gasteiger partial charge >= 0.3 is 5.97 Å². The molecule has 0 saturated carbocycles. The molecule has 1 heterocycles. The second kappa shape index (κ2) is 7.81. The highest BCUT2D eigenvalue weighted by atomic mass is 28.3. The topological polar surface area (TPSA) is 35.5 Å². The van der Waals surface area contributed by atoms with Crippen molar-refractivity contribution in [1.29, 1.82) is 0 Å². The standard InChI is InChI=1S/C17H28O3Si/c1-7-8-9-16-15(10-11-21(4,5)6)13(2)17(12-19-16)20-14(3)18/h16-17H,7-9,12H2,1-6H3/t16-,17+/m1/s1. The van der Waals surface area contributed by atoms with Gasteiger partial charge in [-0.15, -0.1) is 5.54 Å². The van der Waals surface area contributed by atoms with E-state index in [2.05, 4.69) is 38.0 Å². The summed E-state index contributed by atoms with van der Waals surface area (Å²) >= 11 is 0. The van der Waals surface area contributed by atoms with Gasteiger partial charge in [-0.05, 0) is 18.9 Å². The predicted octanol–water partition coefficient (Wildman–Crippen LogP) is 3.70. The van der Waals surface area contributed by atoms with Crippen molar-refractivity contribution in [3.05, 3.63) is 11.1 Å². The summed E-state index contributed by atoms with van der Waals surface area (Å²) in [7, 11) is -1.44. The summed E-state index contributed by atoms with van der Waals surface area (Å²) in [6, 6.07) is 0. The SMILES string of the molecule is CCCC[C@H]1OC[C@H](OC(C)=O)C(C)=C1C#C[Si](C)(C)C. The Balaban J connectivity index is 3.05. The maximum absolute atomic E-state index is 11.2. The van der Waals surface area contributed by atoms with Crippen molar-refractivity contribution in [3.8, 4) is 11.5 Å². The summed E-state index contributed by atoms with van der Waals surface area (Å²) in [6.45, 7) is 12.7. The van der Waals surface area contributed by atoms with Crippen LogP contribution >= 0.6 is 0 Å². The van der Waals surface area contributed by atoms with Gasteiger partial charge in [0.15, 0.2) is 0 Å². The van der Waals surface area contributed by atoms with E-state index in [0.717, 1.165) is 30.4 Å². The van der Waals surface area contributed by atoms with E-state index in [9.17, 15) is 4.79 Å². The predicted molar refractivity (Wildman–Crippen MR) is 88.6 cm³/mol. The fourth-order valence-corrected chi connectivity index (χ4v) is 2.72. The molecule has 0 radical (unpaired) electrons. The monoisotopic (exact) mass is 308 g/mol. The molecular formula is C17H28O3Si. The molecule has 0 aromatic carbocycles. The van der Waals surface area contributed by atoms with Crippen LogP contribution in [0.4, 0.5) is 0 Å². The Kier molecular flexibility index (Phi) is 6.70. The smallest absolute Gasteiger partial charge is 0.303 e. The first-order valence-corrected chi connectivity index (χ1v) is 11.3. The van der Waals surface area contributed by atoms with Crippen molar-refractivity contribution in [2.75, 3.05) is 6.61 Å². The molecule has 1 aliphatic heterocycles. The van der Waals surface area contributed by atoms with Crippen molar-refractivity contribution in [2.24, 2.45) is 0 Å². The molecule has 0 aromatic heterocycles. The Morgan fingerprint density at radius 1 is 1.43 bits per heavy atom. The second-order valence-corrected chi connectivity index (χ2v) is 11.4. The fraction of sp³-hybridized carbons (Fsp3) is 0.706. The lowest BCUT2D eigenvalue weighted by molar-refractivity contribution is -0.149. The zero-order valence-corrected chi connectivity index (χ0v) is 15.2. The highest BCUT2D eigenvalue weighted by molar-refractivity contribution is 6.83. The molecule has 0 N–H and O–H groups in total. The van der Waals surface area contributed by atoms with E-state index in [1.807, 2.05) is 6.92 Å². The van der Waals surface area contributed by atoms with E-state index in [1.165, 1.54) is 6.92 Å². The summed E-state index contributed by atoms with van der Waals surface area (Å²) < 4.78 is 11.3. The van der Waals surface area contributed by atoms with Crippen LogP contribution in [0.5, 0.6) is 0 Å². The van der Waals surface area contributed by atoms with Crippen LogP contribution in [0, 0.1) is 11.5 Å². The number of carbonyl (C=O) groups excluding carboxylic acids is 1. The fourth-order valence-electron chi connectivity index (χ4n) is 2.21. The Bertz CT molecular complexity index is 463. The maximum Gasteiger partial charge on any atom is 0.303 e. The van der Waals surface area contributed by atoms with Crippen LogP contribution in [-0.4, -0.2) is 32.9 Å². The van der Waals surface area contributed by atoms with Crippen LogP contribution in [0.1, 0.15) is 40.0 Å². The molecule has 0 unspecified atom stereocenters. The van der Waals surface area contributed by atoms with Gasteiger partial charge in [0.25, 0.3) is 0 Å². The molecule has 118 valence electrons. The molecule has 0 saturated heterocycles. The van der Waals surface area contributed by atoms with Crippen LogP contribution in [0.15, 0.2) is 11.1 Å². The van der Waals surface area contributed by atoms with Gasteiger partial charge < -0.3 is 9.47 Å². The molecule has 0 amide bonds. The largest absolute Gasteiger partial charge is 0.456 e. The average molecular weight is 308 g/mol. The molecule has 1 aliphatic rings. The first-order valence-electron chi connectivity index (χ1n) is 7.77. The van der Waals surface area contributed by atoms with Gasteiger partial charge in [-0.2, -0.15) is 0 Å². The molecule has 0 spiro atoms. The Hall–Kier alpha value is -1.05. The first-order chi connectivity index (χ1) is 9.74. The van der Waals surface area contributed by atoms with E-state index in [-0.39, 0.29) is 18.2 Å². The van der Waals surface area contributed by atoms with Crippen LogP contribution in [-0.2, 0) is 14.3 Å². The zero-order valence-electron chi connectivity index (χ0n) is 14.2. The molecule has 0 aromatic rings. The number of ether oxygens (including phenoxy) is 2. The minimum absolute atomic E-state index is 0.0561. The van der Waals surface area contributed by atoms with Gasteiger partial charge in [-0.25, -0.2) is 0 Å². The Labute approximate surface area is 130 Å². The summed E-state index contributed by atoms with van der Waals surface area (Å²) in [4.78, 5) is 11.2. The van der Waals surface area contributed by atoms with Gasteiger partial charge in [0.05, 0.1) is 12.7 Å². The van der Waals surface area contributed by atoms with Crippen LogP contribution in [0.3, 0.4) is 0 Å². The van der Waals surface area contributed by atoms with Crippen LogP contribution in [0.25, 0.3) is 0 Å². The quantitative estimate of drug-likeness (QED) is 0.451. The summed E-state index contributed by atoms with van der Waals surface area (Å²) in [5.41, 5.74) is 5.50. The lowest BCUT2D eigenvalue weighted by Gasteiger charge is -2.30. The van der Waals surface area contributed by atoms with Crippen molar-refractivity contribution < 1.29 is 14.3 Å². The zero-order chi connectivity index (χ0) is 16.0. The van der Waals surface area contributed by atoms with E-state index in [0.29, 0.717) is 6.61 Å². The molecular weight excluding hydrogens is 280 g/mol. The summed E-state index contributed by atoms with van der Waals surface area (Å²) in [5.74, 6) is 3.08. The van der Waals surface area contributed by atoms with Crippen molar-refractivity contribution >= 4 is 14.0 Å². The first kappa shape index (κ1) is 18.0. The number of hydrogen-bond donors (Lipinski definition) is 0. The third-order valence-corrected chi connectivity index (χ3v) is 4.25. The minimum atomic E-state index is -1.44. The lowest BCUT2D eigenvalue weighted by Crippen LogP contribution is -2.35. The third-order valence-electron chi connectivity index (χ3n) is 3.38. The van der Waals surface area contributed by atoms with E-state index in [4.69, 9.17) is 9.47 Å². The third kappa shape index (κ3) is 6.07. The Morgan fingerprint density at radius 3 is 2.62 bits per heavy atom. The Morgan fingerprint density at radius 2 is 2.10 bits per heavy atom. The van der Waals surface area contributed by atoms with E-state index >= 15 is 0 Å². The molecule has 2 atom stereocenters. The van der Waals surface area contributed by atoms with E-state index < -0.39 is 8.07 Å². The maximum atomic E-state index is 11.2. The van der Waals surface area contributed by atoms with Crippen molar-refractivity contribution in [1.82, 2.24) is 0 Å². The highest BCUT2D eigenvalue weighted by Crippen LogP contribution is 2.26. The summed E-state index contributed by atoms with van der Waals surface area (Å²) in [6.07, 6.45) is 3.01. The van der Waals surface area contributed by atoms with Crippen LogP contribution < -0.4 is 0 Å². The average Bonchev–Trinajstić information content (AvgIpc) is 2.36. The normalized spacial score (nSPS) is 22.6. The molecule has 4 heteroatoms.